The highest BCUT2D eigenvalue weighted by molar-refractivity contribution is 7.08. The molecule has 0 saturated heterocycles. The van der Waals surface area contributed by atoms with E-state index in [4.69, 9.17) is 4.98 Å². The van der Waals surface area contributed by atoms with E-state index < -0.39 is 0 Å². The van der Waals surface area contributed by atoms with E-state index in [0.29, 0.717) is 17.2 Å². The number of hydrogen-bond donors (Lipinski definition) is 2. The van der Waals surface area contributed by atoms with E-state index >= 15 is 0 Å². The minimum absolute atomic E-state index is 0.666. The maximum atomic E-state index is 4.84. The van der Waals surface area contributed by atoms with Gasteiger partial charge in [-0.1, -0.05) is 0 Å². The molecule has 9 heteroatoms. The zero-order valence-corrected chi connectivity index (χ0v) is 15.7. The maximum absolute atomic E-state index is 4.84. The van der Waals surface area contributed by atoms with Crippen molar-refractivity contribution in [3.05, 3.63) is 60.2 Å². The van der Waals surface area contributed by atoms with Gasteiger partial charge in [0.2, 0.25) is 0 Å². The molecular formula is C20H12N8S. The second kappa shape index (κ2) is 6.28. The Morgan fingerprint density at radius 1 is 0.897 bits per heavy atom. The molecule has 0 bridgehead atoms. The molecule has 8 nitrogen and oxygen atoms in total. The smallest absolute Gasteiger partial charge is 0.159 e. The number of imidazole rings is 1. The van der Waals surface area contributed by atoms with Crippen molar-refractivity contribution in [2.24, 2.45) is 0 Å². The second-order valence-corrected chi connectivity index (χ2v) is 7.28. The summed E-state index contributed by atoms with van der Waals surface area (Å²) in [6, 6.07) is 4.09. The Kier molecular flexibility index (Phi) is 3.47. The Morgan fingerprint density at radius 3 is 2.69 bits per heavy atom. The van der Waals surface area contributed by atoms with Crippen molar-refractivity contribution >= 4 is 33.4 Å². The Morgan fingerprint density at radius 2 is 1.83 bits per heavy atom. The molecule has 6 aromatic heterocycles. The molecule has 0 aromatic carbocycles. The van der Waals surface area contributed by atoms with Crippen LogP contribution in [-0.2, 0) is 0 Å². The van der Waals surface area contributed by atoms with Crippen LogP contribution in [0.25, 0.3) is 55.8 Å². The topological polar surface area (TPSA) is 109 Å². The zero-order chi connectivity index (χ0) is 19.2. The lowest BCUT2D eigenvalue weighted by Crippen LogP contribution is -1.85. The molecule has 0 aliphatic carbocycles. The predicted octanol–water partition coefficient (Wildman–Crippen LogP) is 4.08. The van der Waals surface area contributed by atoms with Crippen molar-refractivity contribution in [3.8, 4) is 33.8 Å². The fourth-order valence-electron chi connectivity index (χ4n) is 3.36. The number of H-pyrrole nitrogens is 2. The van der Waals surface area contributed by atoms with E-state index in [0.717, 1.165) is 38.7 Å². The number of aromatic nitrogens is 8. The van der Waals surface area contributed by atoms with Crippen LogP contribution in [-0.4, -0.2) is 40.1 Å². The lowest BCUT2D eigenvalue weighted by Gasteiger charge is -2.00. The summed E-state index contributed by atoms with van der Waals surface area (Å²) in [5, 5.41) is 12.4. The third-order valence-electron chi connectivity index (χ3n) is 4.76. The van der Waals surface area contributed by atoms with E-state index in [2.05, 4.69) is 46.6 Å². The molecule has 0 amide bonds. The summed E-state index contributed by atoms with van der Waals surface area (Å²) in [5.74, 6) is 0.666. The standard InChI is InChI=1S/C20H12N8S/c1-2-29-9-11(1)15-7-21-8-16-17(15)26-20(25-16)18-14-3-12(6-24-19(14)28-27-18)13-4-22-10-23-5-13/h1-10H,(H,25,26)(H,24,27,28). The van der Waals surface area contributed by atoms with Crippen LogP contribution >= 0.6 is 11.3 Å². The van der Waals surface area contributed by atoms with Crippen molar-refractivity contribution < 1.29 is 0 Å². The Labute approximate surface area is 167 Å². The highest BCUT2D eigenvalue weighted by atomic mass is 32.1. The number of aromatic amines is 2. The average Bonchev–Trinajstić information content (AvgIpc) is 3.52. The molecule has 0 fully saturated rings. The Bertz CT molecular complexity index is 1450. The van der Waals surface area contributed by atoms with Crippen molar-refractivity contribution in [3.63, 3.8) is 0 Å². The summed E-state index contributed by atoms with van der Waals surface area (Å²) >= 11 is 1.65. The van der Waals surface area contributed by atoms with E-state index in [1.807, 2.05) is 17.6 Å². The van der Waals surface area contributed by atoms with Gasteiger partial charge in [0.1, 0.15) is 17.5 Å². The minimum Gasteiger partial charge on any atom is -0.335 e. The predicted molar refractivity (Wildman–Crippen MR) is 111 cm³/mol. The Balaban J connectivity index is 1.53. The quantitative estimate of drug-likeness (QED) is 0.466. The fraction of sp³-hybridized carbons (Fsp3) is 0. The van der Waals surface area contributed by atoms with Crippen LogP contribution in [0.5, 0.6) is 0 Å². The van der Waals surface area contributed by atoms with Crippen molar-refractivity contribution in [1.82, 2.24) is 40.1 Å². The van der Waals surface area contributed by atoms with Gasteiger partial charge in [0.15, 0.2) is 11.5 Å². The molecule has 6 aromatic rings. The summed E-state index contributed by atoms with van der Waals surface area (Å²) in [4.78, 5) is 25.2. The molecule has 138 valence electrons. The summed E-state index contributed by atoms with van der Waals surface area (Å²) in [7, 11) is 0. The largest absolute Gasteiger partial charge is 0.335 e. The van der Waals surface area contributed by atoms with E-state index in [9.17, 15) is 0 Å². The zero-order valence-electron chi connectivity index (χ0n) is 14.9. The molecular weight excluding hydrogens is 384 g/mol. The van der Waals surface area contributed by atoms with Crippen LogP contribution in [0, 0.1) is 0 Å². The summed E-state index contributed by atoms with van der Waals surface area (Å²) in [6.45, 7) is 0. The summed E-state index contributed by atoms with van der Waals surface area (Å²) in [6.07, 6.45) is 10.4. The van der Waals surface area contributed by atoms with E-state index in [-0.39, 0.29) is 0 Å². The van der Waals surface area contributed by atoms with E-state index in [1.54, 1.807) is 36.1 Å². The second-order valence-electron chi connectivity index (χ2n) is 6.50. The summed E-state index contributed by atoms with van der Waals surface area (Å²) < 4.78 is 0. The van der Waals surface area contributed by atoms with Crippen LogP contribution in [0.4, 0.5) is 0 Å². The molecule has 2 N–H and O–H groups in total. The normalized spacial score (nSPS) is 11.4. The number of pyridine rings is 2. The molecule has 0 unspecified atom stereocenters. The van der Waals surface area contributed by atoms with Gasteiger partial charge in [-0.2, -0.15) is 16.4 Å². The van der Waals surface area contributed by atoms with Crippen molar-refractivity contribution in [1.29, 1.82) is 0 Å². The first-order valence-corrected chi connectivity index (χ1v) is 9.77. The molecule has 6 heterocycles. The summed E-state index contributed by atoms with van der Waals surface area (Å²) in [5.41, 5.74) is 7.03. The number of hydrogen-bond acceptors (Lipinski definition) is 7. The molecule has 0 saturated carbocycles. The van der Waals surface area contributed by atoms with Gasteiger partial charge >= 0.3 is 0 Å². The lowest BCUT2D eigenvalue weighted by molar-refractivity contribution is 1.09. The molecule has 0 spiro atoms. The first kappa shape index (κ1) is 16.0. The molecule has 0 aliphatic heterocycles. The van der Waals surface area contributed by atoms with Gasteiger partial charge < -0.3 is 4.98 Å². The first-order valence-electron chi connectivity index (χ1n) is 8.83. The van der Waals surface area contributed by atoms with Crippen LogP contribution in [0.3, 0.4) is 0 Å². The maximum Gasteiger partial charge on any atom is 0.159 e. The van der Waals surface area contributed by atoms with Crippen LogP contribution in [0.1, 0.15) is 0 Å². The first-order chi connectivity index (χ1) is 14.4. The van der Waals surface area contributed by atoms with Gasteiger partial charge in [0, 0.05) is 41.5 Å². The van der Waals surface area contributed by atoms with Crippen LogP contribution in [0.2, 0.25) is 0 Å². The fourth-order valence-corrected chi connectivity index (χ4v) is 4.02. The van der Waals surface area contributed by atoms with Gasteiger partial charge in [0.25, 0.3) is 0 Å². The van der Waals surface area contributed by atoms with Crippen LogP contribution in [0.15, 0.2) is 60.2 Å². The molecule has 0 aliphatic rings. The number of thiophene rings is 1. The van der Waals surface area contributed by atoms with E-state index in [1.165, 1.54) is 6.33 Å². The minimum atomic E-state index is 0.666. The monoisotopic (exact) mass is 396 g/mol. The third kappa shape index (κ3) is 2.59. The molecule has 0 radical (unpaired) electrons. The van der Waals surface area contributed by atoms with Gasteiger partial charge in [-0.05, 0) is 28.5 Å². The SMILES string of the molecule is c1ncc(-c2cnc3[nH]nc(-c4nc5c(-c6ccsc6)cncc5[nH]4)c3c2)cn1. The average molecular weight is 396 g/mol. The van der Waals surface area contributed by atoms with Gasteiger partial charge in [0.05, 0.1) is 17.1 Å². The third-order valence-corrected chi connectivity index (χ3v) is 5.44. The molecule has 0 atom stereocenters. The number of rotatable bonds is 3. The number of fused-ring (bicyclic) bond motifs is 2. The number of nitrogens with one attached hydrogen (secondary N) is 2. The highest BCUT2D eigenvalue weighted by Crippen LogP contribution is 2.32. The molecule has 6 rings (SSSR count). The molecule has 29 heavy (non-hydrogen) atoms. The van der Waals surface area contributed by atoms with Gasteiger partial charge in [-0.25, -0.2) is 19.9 Å². The number of nitrogens with zero attached hydrogens (tertiary/aromatic N) is 6. The highest BCUT2D eigenvalue weighted by Gasteiger charge is 2.16. The van der Waals surface area contributed by atoms with Gasteiger partial charge in [-0.3, -0.25) is 10.1 Å². The van der Waals surface area contributed by atoms with Crippen LogP contribution < -0.4 is 0 Å². The van der Waals surface area contributed by atoms with Crippen molar-refractivity contribution in [2.45, 2.75) is 0 Å². The van der Waals surface area contributed by atoms with Gasteiger partial charge in [-0.15, -0.1) is 0 Å². The van der Waals surface area contributed by atoms with Crippen molar-refractivity contribution in [2.75, 3.05) is 0 Å². The Hall–Kier alpha value is -3.98. The lowest BCUT2D eigenvalue weighted by atomic mass is 10.1.